The molecule has 17 heteroatoms. The standard InChI is InChI=1S/C72H86N8O9/c1-17-57-43(5)71(45(7)69(33-31-65(83)87-15)59(27-29-63(81)85-13)41(3)61(77-69)37-53-21-19-49(73-53)35-51-23-25-55(75-51)39-67(57,11)79-71)47(9)89-48(10)72-44(6)58(18-2)68(12,80-72)40-56-26-24-52(76-56)36-50-20-22-54(74-50)38-62-42(4)60(28-30-64(82)86-14)70(78-62,46(72)8)34-32-66(84)88-16/h17-26,35-40,45-48,73-74,79-80H,1-2,27-34H2,3-16H3/b49-35-,50-36-,53-37-,54-38-,55-39-,56-40-. The Kier molecular flexibility index (Phi) is 17.5. The van der Waals surface area contributed by atoms with Crippen LogP contribution in [0.25, 0.3) is 24.3 Å². The average molecular weight is 1210 g/mol. The highest BCUT2D eigenvalue weighted by molar-refractivity contribution is 6.23. The maximum Gasteiger partial charge on any atom is 0.305 e. The van der Waals surface area contributed by atoms with Crippen molar-refractivity contribution in [1.29, 1.82) is 0 Å². The first-order valence-electron chi connectivity index (χ1n) is 30.9. The summed E-state index contributed by atoms with van der Waals surface area (Å²) in [5, 5.41) is 11.9. The molecule has 8 aliphatic heterocycles. The largest absolute Gasteiger partial charge is 0.469 e. The Morgan fingerprint density at radius 2 is 0.899 bits per heavy atom. The molecule has 468 valence electrons. The van der Waals surface area contributed by atoms with E-state index in [2.05, 4.69) is 101 Å². The number of ether oxygens (including phenoxy) is 5. The van der Waals surface area contributed by atoms with Crippen LogP contribution in [0, 0.1) is 11.8 Å². The number of nitrogens with one attached hydrogen (secondary N) is 4. The molecule has 0 saturated carbocycles. The van der Waals surface area contributed by atoms with E-state index in [1.165, 1.54) is 28.4 Å². The van der Waals surface area contributed by atoms with Crippen LogP contribution in [0.15, 0.2) is 162 Å². The number of hydrogen-bond acceptors (Lipinski definition) is 15. The Labute approximate surface area is 521 Å². The molecule has 8 aliphatic rings. The molecule has 2 aromatic heterocycles. The van der Waals surface area contributed by atoms with Crippen molar-refractivity contribution < 1.29 is 42.9 Å². The molecule has 89 heavy (non-hydrogen) atoms. The summed E-state index contributed by atoms with van der Waals surface area (Å²) in [6, 6.07) is 8.03. The van der Waals surface area contributed by atoms with Crippen LogP contribution in [0.2, 0.25) is 0 Å². The van der Waals surface area contributed by atoms with Gasteiger partial charge in [0.1, 0.15) is 0 Å². The third-order valence-corrected chi connectivity index (χ3v) is 20.7. The molecule has 0 radical (unpaired) electrons. The molecule has 17 nitrogen and oxygen atoms in total. The van der Waals surface area contributed by atoms with Crippen LogP contribution >= 0.6 is 0 Å². The molecule has 0 aromatic carbocycles. The van der Waals surface area contributed by atoms with Crippen molar-refractivity contribution >= 4 is 71.0 Å². The van der Waals surface area contributed by atoms with Gasteiger partial charge in [-0.05, 0) is 211 Å². The zero-order valence-electron chi connectivity index (χ0n) is 54.1. The fourth-order valence-corrected chi connectivity index (χ4v) is 16.3. The first kappa shape index (κ1) is 63.9. The van der Waals surface area contributed by atoms with Crippen LogP contribution < -0.4 is 32.0 Å². The first-order chi connectivity index (χ1) is 42.3. The predicted molar refractivity (Wildman–Crippen MR) is 351 cm³/mol. The number of fused-ring (bicyclic) bond motifs is 12. The lowest BCUT2D eigenvalue weighted by molar-refractivity contribution is -0.142. The second-order valence-electron chi connectivity index (χ2n) is 25.3. The highest BCUT2D eigenvalue weighted by Crippen LogP contribution is 2.58. The molecule has 0 fully saturated rings. The van der Waals surface area contributed by atoms with Crippen LogP contribution in [0.3, 0.4) is 0 Å². The quantitative estimate of drug-likeness (QED) is 0.0826. The molecule has 0 amide bonds. The highest BCUT2D eigenvalue weighted by atomic mass is 16.5. The van der Waals surface area contributed by atoms with E-state index in [-0.39, 0.29) is 63.3 Å². The molecule has 0 saturated heterocycles. The maximum atomic E-state index is 13.8. The number of rotatable bonds is 18. The molecule has 10 atom stereocenters. The van der Waals surface area contributed by atoms with Crippen molar-refractivity contribution in [2.24, 2.45) is 31.8 Å². The van der Waals surface area contributed by atoms with Crippen LogP contribution in [-0.2, 0) is 42.9 Å². The molecule has 10 unspecified atom stereocenters. The number of methoxy groups -OCH3 is 4. The molecule has 10 rings (SSSR count). The minimum atomic E-state index is -1.18. The number of nitrogens with zero attached hydrogens (tertiary/aromatic N) is 4. The number of aromatic amines is 2. The normalized spacial score (nSPS) is 32.5. The molecule has 0 aliphatic carbocycles. The van der Waals surface area contributed by atoms with E-state index in [0.29, 0.717) is 11.4 Å². The number of H-pyrrole nitrogens is 2. The Balaban J connectivity index is 1.24. The third-order valence-electron chi connectivity index (χ3n) is 20.7. The Morgan fingerprint density at radius 1 is 0.551 bits per heavy atom. The lowest BCUT2D eigenvalue weighted by atomic mass is 9.61. The van der Waals surface area contributed by atoms with Gasteiger partial charge in [-0.3, -0.25) is 39.8 Å². The van der Waals surface area contributed by atoms with Gasteiger partial charge in [0.2, 0.25) is 0 Å². The summed E-state index contributed by atoms with van der Waals surface area (Å²) in [5.41, 5.74) is 5.05. The van der Waals surface area contributed by atoms with Gasteiger partial charge in [0.05, 0.1) is 108 Å². The molecule has 4 N–H and O–H groups in total. The van der Waals surface area contributed by atoms with Crippen LogP contribution in [0.1, 0.15) is 121 Å². The van der Waals surface area contributed by atoms with Crippen LogP contribution in [0.4, 0.5) is 0 Å². The zero-order chi connectivity index (χ0) is 64.2. The van der Waals surface area contributed by atoms with Gasteiger partial charge in [-0.25, -0.2) is 9.98 Å². The second kappa shape index (κ2) is 24.3. The van der Waals surface area contributed by atoms with Crippen LogP contribution in [0.5, 0.6) is 0 Å². The van der Waals surface area contributed by atoms with Crippen molar-refractivity contribution in [2.75, 3.05) is 28.4 Å². The van der Waals surface area contributed by atoms with Crippen molar-refractivity contribution in [3.8, 4) is 0 Å². The molecule has 2 aromatic rings. The van der Waals surface area contributed by atoms with Crippen molar-refractivity contribution in [2.45, 2.75) is 166 Å². The van der Waals surface area contributed by atoms with Gasteiger partial charge in [0.25, 0.3) is 0 Å². The van der Waals surface area contributed by atoms with E-state index in [4.69, 9.17) is 43.7 Å². The van der Waals surface area contributed by atoms with E-state index in [1.54, 1.807) is 0 Å². The number of esters is 4. The lowest BCUT2D eigenvalue weighted by Crippen LogP contribution is -2.69. The fourth-order valence-electron chi connectivity index (χ4n) is 16.3. The molecular formula is C72H86N8O9. The van der Waals surface area contributed by atoms with Gasteiger partial charge in [0, 0.05) is 58.9 Å². The number of carbonyl (C=O) groups is 4. The summed E-state index contributed by atoms with van der Waals surface area (Å²) in [6.07, 6.45) is 23.8. The molecule has 16 bridgehead atoms. The number of aromatic nitrogens is 2. The number of allylic oxidation sites excluding steroid dienone is 6. The zero-order valence-corrected chi connectivity index (χ0v) is 54.1. The Morgan fingerprint density at radius 3 is 1.25 bits per heavy atom. The summed E-state index contributed by atoms with van der Waals surface area (Å²) >= 11 is 0. The summed E-state index contributed by atoms with van der Waals surface area (Å²) in [6.45, 7) is 30.2. The van der Waals surface area contributed by atoms with Gasteiger partial charge < -0.3 is 33.7 Å². The van der Waals surface area contributed by atoms with Crippen molar-refractivity contribution in [1.82, 2.24) is 20.6 Å². The summed E-state index contributed by atoms with van der Waals surface area (Å²) < 4.78 is 29.6. The maximum absolute atomic E-state index is 13.8. The average Bonchev–Trinajstić information content (AvgIpc) is 1.58. The van der Waals surface area contributed by atoms with Gasteiger partial charge in [0.15, 0.2) is 0 Å². The van der Waals surface area contributed by atoms with Gasteiger partial charge in [-0.15, -0.1) is 0 Å². The third kappa shape index (κ3) is 11.0. The van der Waals surface area contributed by atoms with Gasteiger partial charge in [-0.1, -0.05) is 39.2 Å². The van der Waals surface area contributed by atoms with Crippen molar-refractivity contribution in [3.63, 3.8) is 0 Å². The summed E-state index contributed by atoms with van der Waals surface area (Å²) in [7, 11) is 5.57. The van der Waals surface area contributed by atoms with E-state index < -0.39 is 69.2 Å². The highest BCUT2D eigenvalue weighted by Gasteiger charge is 2.65. The van der Waals surface area contributed by atoms with E-state index >= 15 is 0 Å². The van der Waals surface area contributed by atoms with E-state index in [9.17, 15) is 19.2 Å². The minimum absolute atomic E-state index is 0.00616. The van der Waals surface area contributed by atoms with Gasteiger partial charge in [-0.2, -0.15) is 0 Å². The molecule has 0 spiro atoms. The van der Waals surface area contributed by atoms with Crippen molar-refractivity contribution in [3.05, 3.63) is 163 Å². The smallest absolute Gasteiger partial charge is 0.305 e. The van der Waals surface area contributed by atoms with E-state index in [0.717, 1.165) is 88.8 Å². The Bertz CT molecular complexity index is 3780. The first-order valence-corrected chi connectivity index (χ1v) is 30.9. The van der Waals surface area contributed by atoms with Crippen LogP contribution in [-0.4, -0.2) is 131 Å². The summed E-state index contributed by atoms with van der Waals surface area (Å²) in [4.78, 5) is 83.5. The second-order valence-corrected chi connectivity index (χ2v) is 25.3. The SMILES string of the molecule is C=CC1=C(C)C2(C(C)OC(C)C34NC(C)(/C=C5/C=CC(=N5)/C=c5/cc/c([nH]5)=C/C5=NC(CCC(=O)OC)(C(CCC(=O)OC)=C5C)C3C)C(C=C)=C4C)NC1(C)/C=C1/C=CC(=N1)/C=c1/cc/c([nH]1)=C/C1=NC(CCC(=O)OC)(C(CCC(=O)OC)=C1C)C2C. The fraction of sp³-hybridized carbons (Fsp3) is 0.444. The predicted octanol–water partition coefficient (Wildman–Crippen LogP) is 8.09. The van der Waals surface area contributed by atoms with Gasteiger partial charge >= 0.3 is 23.9 Å². The van der Waals surface area contributed by atoms with E-state index in [1.807, 2.05) is 98.9 Å². The minimum Gasteiger partial charge on any atom is -0.469 e. The lowest BCUT2D eigenvalue weighted by Gasteiger charge is -2.54. The Hall–Kier alpha value is -8.12. The summed E-state index contributed by atoms with van der Waals surface area (Å²) in [5.74, 6) is -2.71. The number of aliphatic imine (C=N–C) groups is 4. The topological polar surface area (TPSA) is 220 Å². The molecular weight excluding hydrogens is 1120 g/mol. The molecule has 10 heterocycles. The number of carbonyl (C=O) groups excluding carboxylic acids is 4. The number of hydrogen-bond donors (Lipinski definition) is 4. The monoisotopic (exact) mass is 1210 g/mol.